The van der Waals surface area contributed by atoms with Crippen molar-refractivity contribution in [2.45, 2.75) is 6.61 Å². The minimum atomic E-state index is -0.514. The Balaban J connectivity index is 2.24. The first-order chi connectivity index (χ1) is 9.61. The summed E-state index contributed by atoms with van der Waals surface area (Å²) in [5, 5.41) is 11.2. The zero-order valence-electron chi connectivity index (χ0n) is 10.6. The maximum absolute atomic E-state index is 10.9. The molecule has 0 aliphatic carbocycles. The molecule has 0 atom stereocenters. The standard InChI is InChI=1S/C13H11ClN2O4/c1-19-10-4-5-11(16(17)18)12(7-10)20-8-9-3-2-6-15-13(9)14/h2-7H,8H2,1H3. The molecule has 1 aromatic heterocycles. The van der Waals surface area contributed by atoms with Crippen LogP contribution in [0.15, 0.2) is 36.5 Å². The highest BCUT2D eigenvalue weighted by atomic mass is 35.5. The molecule has 1 heterocycles. The van der Waals surface area contributed by atoms with Crippen LogP contribution in [0.5, 0.6) is 11.5 Å². The van der Waals surface area contributed by atoms with Gasteiger partial charge in [0.15, 0.2) is 0 Å². The van der Waals surface area contributed by atoms with Gasteiger partial charge in [-0.15, -0.1) is 0 Å². The van der Waals surface area contributed by atoms with Crippen LogP contribution in [0.2, 0.25) is 5.15 Å². The van der Waals surface area contributed by atoms with Crippen LogP contribution in [0.1, 0.15) is 5.56 Å². The zero-order chi connectivity index (χ0) is 14.5. The van der Waals surface area contributed by atoms with Gasteiger partial charge in [-0.25, -0.2) is 4.98 Å². The molecule has 20 heavy (non-hydrogen) atoms. The molecule has 7 heteroatoms. The van der Waals surface area contributed by atoms with Crippen molar-refractivity contribution in [3.8, 4) is 11.5 Å². The molecule has 0 unspecified atom stereocenters. The van der Waals surface area contributed by atoms with Crippen molar-refractivity contribution in [1.82, 2.24) is 4.98 Å². The van der Waals surface area contributed by atoms with Crippen LogP contribution in [0.4, 0.5) is 5.69 Å². The fraction of sp³-hybridized carbons (Fsp3) is 0.154. The predicted molar refractivity (Wildman–Crippen MR) is 73.2 cm³/mol. The molecule has 0 radical (unpaired) electrons. The minimum absolute atomic E-state index is 0.0840. The van der Waals surface area contributed by atoms with Gasteiger partial charge in [0.1, 0.15) is 17.5 Å². The molecule has 0 aliphatic heterocycles. The lowest BCUT2D eigenvalue weighted by Gasteiger charge is -2.09. The summed E-state index contributed by atoms with van der Waals surface area (Å²) < 4.78 is 10.5. The van der Waals surface area contributed by atoms with E-state index < -0.39 is 4.92 Å². The van der Waals surface area contributed by atoms with E-state index in [0.717, 1.165) is 0 Å². The van der Waals surface area contributed by atoms with E-state index in [4.69, 9.17) is 21.1 Å². The Morgan fingerprint density at radius 3 is 2.85 bits per heavy atom. The number of nitro benzene ring substituents is 1. The van der Waals surface area contributed by atoms with E-state index in [1.165, 1.54) is 25.3 Å². The Bertz CT molecular complexity index is 634. The first kappa shape index (κ1) is 14.1. The zero-order valence-corrected chi connectivity index (χ0v) is 11.3. The molecule has 0 amide bonds. The molecule has 0 spiro atoms. The topological polar surface area (TPSA) is 74.5 Å². The van der Waals surface area contributed by atoms with E-state index in [2.05, 4.69) is 4.98 Å². The molecular formula is C13H11ClN2O4. The number of hydrogen-bond donors (Lipinski definition) is 0. The lowest BCUT2D eigenvalue weighted by molar-refractivity contribution is -0.386. The third kappa shape index (κ3) is 3.16. The minimum Gasteiger partial charge on any atom is -0.497 e. The molecule has 0 bridgehead atoms. The van der Waals surface area contributed by atoms with Crippen molar-refractivity contribution in [3.63, 3.8) is 0 Å². The Kier molecular flexibility index (Phi) is 4.37. The number of hydrogen-bond acceptors (Lipinski definition) is 5. The Morgan fingerprint density at radius 1 is 1.40 bits per heavy atom. The van der Waals surface area contributed by atoms with Gasteiger partial charge in [0.05, 0.1) is 12.0 Å². The summed E-state index contributed by atoms with van der Waals surface area (Å²) in [6.07, 6.45) is 1.56. The first-order valence-corrected chi connectivity index (χ1v) is 6.04. The van der Waals surface area contributed by atoms with Gasteiger partial charge < -0.3 is 9.47 Å². The molecule has 6 nitrogen and oxygen atoms in total. The smallest absolute Gasteiger partial charge is 0.311 e. The van der Waals surface area contributed by atoms with Crippen molar-refractivity contribution in [3.05, 3.63) is 57.4 Å². The van der Waals surface area contributed by atoms with Crippen LogP contribution in [-0.4, -0.2) is 17.0 Å². The molecule has 104 valence electrons. The summed E-state index contributed by atoms with van der Waals surface area (Å²) in [4.78, 5) is 14.3. The van der Waals surface area contributed by atoms with Crippen LogP contribution < -0.4 is 9.47 Å². The van der Waals surface area contributed by atoms with E-state index in [-0.39, 0.29) is 18.0 Å². The Hall–Kier alpha value is -2.34. The number of ether oxygens (including phenoxy) is 2. The van der Waals surface area contributed by atoms with Gasteiger partial charge in [0.25, 0.3) is 0 Å². The van der Waals surface area contributed by atoms with Crippen molar-refractivity contribution < 1.29 is 14.4 Å². The maximum Gasteiger partial charge on any atom is 0.311 e. The number of benzene rings is 1. The van der Waals surface area contributed by atoms with Gasteiger partial charge in [0, 0.05) is 23.9 Å². The summed E-state index contributed by atoms with van der Waals surface area (Å²) >= 11 is 5.90. The summed E-state index contributed by atoms with van der Waals surface area (Å²) in [5.41, 5.74) is 0.511. The van der Waals surface area contributed by atoms with E-state index in [1.807, 2.05) is 0 Å². The van der Waals surface area contributed by atoms with Gasteiger partial charge in [-0.1, -0.05) is 17.7 Å². The molecule has 0 aliphatic rings. The normalized spacial score (nSPS) is 10.1. The number of pyridine rings is 1. The summed E-state index contributed by atoms with van der Waals surface area (Å²) in [6.45, 7) is 0.0840. The van der Waals surface area contributed by atoms with E-state index in [9.17, 15) is 10.1 Å². The Morgan fingerprint density at radius 2 is 2.20 bits per heavy atom. The summed E-state index contributed by atoms with van der Waals surface area (Å²) in [7, 11) is 1.48. The number of nitrogens with zero attached hydrogens (tertiary/aromatic N) is 2. The summed E-state index contributed by atoms with van der Waals surface area (Å²) in [6, 6.07) is 7.75. The van der Waals surface area contributed by atoms with E-state index in [1.54, 1.807) is 18.3 Å². The average Bonchev–Trinajstić information content (AvgIpc) is 2.46. The predicted octanol–water partition coefficient (Wildman–Crippen LogP) is 3.23. The number of aromatic nitrogens is 1. The maximum atomic E-state index is 10.9. The molecule has 2 aromatic rings. The van der Waals surface area contributed by atoms with E-state index in [0.29, 0.717) is 16.5 Å². The van der Waals surface area contributed by atoms with E-state index >= 15 is 0 Å². The molecule has 0 fully saturated rings. The largest absolute Gasteiger partial charge is 0.497 e. The number of rotatable bonds is 5. The second-order valence-corrected chi connectivity index (χ2v) is 4.19. The van der Waals surface area contributed by atoms with Crippen LogP contribution in [0.25, 0.3) is 0 Å². The number of nitro groups is 1. The van der Waals surface area contributed by atoms with Gasteiger partial charge in [-0.2, -0.15) is 0 Å². The lowest BCUT2D eigenvalue weighted by atomic mass is 10.2. The third-order valence-electron chi connectivity index (χ3n) is 2.58. The van der Waals surface area contributed by atoms with Crippen LogP contribution >= 0.6 is 11.6 Å². The molecule has 1 aromatic carbocycles. The Labute approximate surface area is 120 Å². The highest BCUT2D eigenvalue weighted by Gasteiger charge is 2.16. The van der Waals surface area contributed by atoms with Crippen molar-refractivity contribution in [2.75, 3.05) is 7.11 Å². The molecular weight excluding hydrogens is 284 g/mol. The van der Waals surface area contributed by atoms with Gasteiger partial charge in [-0.05, 0) is 12.1 Å². The van der Waals surface area contributed by atoms with Gasteiger partial charge >= 0.3 is 5.69 Å². The second-order valence-electron chi connectivity index (χ2n) is 3.83. The average molecular weight is 295 g/mol. The highest BCUT2D eigenvalue weighted by molar-refractivity contribution is 6.30. The van der Waals surface area contributed by atoms with Gasteiger partial charge in [-0.3, -0.25) is 10.1 Å². The monoisotopic (exact) mass is 294 g/mol. The SMILES string of the molecule is COc1ccc([N+](=O)[O-])c(OCc2cccnc2Cl)c1. The van der Waals surface area contributed by atoms with Crippen molar-refractivity contribution in [2.24, 2.45) is 0 Å². The fourth-order valence-electron chi connectivity index (χ4n) is 1.57. The molecule has 0 saturated heterocycles. The number of halogens is 1. The fourth-order valence-corrected chi connectivity index (χ4v) is 1.74. The second kappa shape index (κ2) is 6.21. The van der Waals surface area contributed by atoms with Crippen molar-refractivity contribution >= 4 is 17.3 Å². The molecule has 2 rings (SSSR count). The quantitative estimate of drug-likeness (QED) is 0.481. The number of methoxy groups -OCH3 is 1. The molecule has 0 N–H and O–H groups in total. The summed E-state index contributed by atoms with van der Waals surface area (Å²) in [5.74, 6) is 0.595. The first-order valence-electron chi connectivity index (χ1n) is 5.66. The highest BCUT2D eigenvalue weighted by Crippen LogP contribution is 2.31. The van der Waals surface area contributed by atoms with Crippen LogP contribution in [-0.2, 0) is 6.61 Å². The molecule has 0 saturated carbocycles. The van der Waals surface area contributed by atoms with Crippen LogP contribution in [0, 0.1) is 10.1 Å². The van der Waals surface area contributed by atoms with Crippen LogP contribution in [0.3, 0.4) is 0 Å². The lowest BCUT2D eigenvalue weighted by Crippen LogP contribution is -2.00. The van der Waals surface area contributed by atoms with Crippen molar-refractivity contribution in [1.29, 1.82) is 0 Å². The van der Waals surface area contributed by atoms with Gasteiger partial charge in [0.2, 0.25) is 5.75 Å². The third-order valence-corrected chi connectivity index (χ3v) is 2.92.